The third-order valence-electron chi connectivity index (χ3n) is 3.10. The van der Waals surface area contributed by atoms with Gasteiger partial charge >= 0.3 is 0 Å². The van der Waals surface area contributed by atoms with Crippen molar-refractivity contribution in [3.63, 3.8) is 0 Å². The molecule has 2 rings (SSSR count). The predicted molar refractivity (Wildman–Crippen MR) is 86.1 cm³/mol. The van der Waals surface area contributed by atoms with Crippen molar-refractivity contribution in [1.82, 2.24) is 10.3 Å². The molecule has 2 aromatic carbocycles. The van der Waals surface area contributed by atoms with Crippen LogP contribution >= 0.6 is 0 Å². The minimum atomic E-state index is -3.99. The molecule has 0 aliphatic heterocycles. The number of hydrogen-bond donors (Lipinski definition) is 2. The van der Waals surface area contributed by atoms with E-state index in [-0.39, 0.29) is 10.6 Å². The highest BCUT2D eigenvalue weighted by Crippen LogP contribution is 2.13. The summed E-state index contributed by atoms with van der Waals surface area (Å²) in [6.07, 6.45) is -1.02. The fraction of sp³-hybridized carbons (Fsp3) is 0.125. The molecular weight excluding hydrogens is 349 g/mol. The molecule has 0 aliphatic carbocycles. The first-order chi connectivity index (χ1) is 11.8. The standard InChI is InChI=1S/C16H14FN3O4S/c1-11(24-14-6-4-13(17)5-7-14)16(21)19-20-25(22,23)15-8-2-12(10-18)3-9-15/h2-9,11,20H,1H3,(H,19,21)/t11-/m1/s1. The molecule has 25 heavy (non-hydrogen) atoms. The van der Waals surface area contributed by atoms with Crippen LogP contribution in [0.2, 0.25) is 0 Å². The van der Waals surface area contributed by atoms with Gasteiger partial charge in [-0.15, -0.1) is 4.83 Å². The number of benzene rings is 2. The largest absolute Gasteiger partial charge is 0.481 e. The fourth-order valence-electron chi connectivity index (χ4n) is 1.76. The van der Waals surface area contributed by atoms with Crippen LogP contribution in [0.5, 0.6) is 5.75 Å². The zero-order valence-electron chi connectivity index (χ0n) is 13.1. The Bertz CT molecular complexity index is 890. The van der Waals surface area contributed by atoms with Gasteiger partial charge in [0.15, 0.2) is 6.10 Å². The highest BCUT2D eigenvalue weighted by atomic mass is 32.2. The molecule has 0 fully saturated rings. The van der Waals surface area contributed by atoms with Gasteiger partial charge in [-0.2, -0.15) is 5.26 Å². The number of nitrogens with one attached hydrogen (secondary N) is 2. The van der Waals surface area contributed by atoms with Gasteiger partial charge in [0.25, 0.3) is 15.9 Å². The minimum Gasteiger partial charge on any atom is -0.481 e. The molecule has 130 valence electrons. The SMILES string of the molecule is C[C@@H](Oc1ccc(F)cc1)C(=O)NNS(=O)(=O)c1ccc(C#N)cc1. The van der Waals surface area contributed by atoms with Gasteiger partial charge in [0, 0.05) is 0 Å². The van der Waals surface area contributed by atoms with E-state index < -0.39 is 27.9 Å². The average Bonchev–Trinajstić information content (AvgIpc) is 2.61. The second kappa shape index (κ2) is 7.74. The number of hydrazine groups is 1. The van der Waals surface area contributed by atoms with E-state index in [0.717, 1.165) is 0 Å². The van der Waals surface area contributed by atoms with Crippen LogP contribution in [0.1, 0.15) is 12.5 Å². The normalized spacial score (nSPS) is 12.0. The van der Waals surface area contributed by atoms with Gasteiger partial charge in [-0.05, 0) is 55.5 Å². The predicted octanol–water partition coefficient (Wildman–Crippen LogP) is 1.47. The van der Waals surface area contributed by atoms with E-state index >= 15 is 0 Å². The quantitative estimate of drug-likeness (QED) is 0.756. The van der Waals surface area contributed by atoms with Crippen LogP contribution in [0.15, 0.2) is 53.4 Å². The van der Waals surface area contributed by atoms with Crippen LogP contribution in [-0.2, 0) is 14.8 Å². The number of halogens is 1. The maximum absolute atomic E-state index is 12.8. The van der Waals surface area contributed by atoms with Crippen molar-refractivity contribution < 1.29 is 22.3 Å². The topological polar surface area (TPSA) is 108 Å². The van der Waals surface area contributed by atoms with E-state index in [0.29, 0.717) is 5.56 Å². The summed E-state index contributed by atoms with van der Waals surface area (Å²) in [5.74, 6) is -0.917. The first-order valence-corrected chi connectivity index (χ1v) is 8.54. The van der Waals surface area contributed by atoms with Crippen molar-refractivity contribution in [2.24, 2.45) is 0 Å². The minimum absolute atomic E-state index is 0.112. The molecule has 0 radical (unpaired) electrons. The van der Waals surface area contributed by atoms with E-state index in [1.54, 1.807) is 0 Å². The first-order valence-electron chi connectivity index (χ1n) is 7.06. The van der Waals surface area contributed by atoms with Gasteiger partial charge in [-0.3, -0.25) is 10.2 Å². The molecule has 7 nitrogen and oxygen atoms in total. The number of nitriles is 1. The van der Waals surface area contributed by atoms with E-state index in [2.05, 4.69) is 0 Å². The van der Waals surface area contributed by atoms with E-state index in [9.17, 15) is 17.6 Å². The van der Waals surface area contributed by atoms with Gasteiger partial charge in [0.1, 0.15) is 11.6 Å². The fourth-order valence-corrected chi connectivity index (χ4v) is 2.60. The van der Waals surface area contributed by atoms with Crippen molar-refractivity contribution in [2.75, 3.05) is 0 Å². The summed E-state index contributed by atoms with van der Waals surface area (Å²) >= 11 is 0. The van der Waals surface area contributed by atoms with Crippen molar-refractivity contribution in [3.8, 4) is 11.8 Å². The number of rotatable bonds is 6. The highest BCUT2D eigenvalue weighted by molar-refractivity contribution is 7.89. The summed E-state index contributed by atoms with van der Waals surface area (Å²) in [6.45, 7) is 1.41. The number of nitrogens with zero attached hydrogens (tertiary/aromatic N) is 1. The Morgan fingerprint density at radius 1 is 1.16 bits per heavy atom. The molecule has 1 amide bonds. The Balaban J connectivity index is 1.95. The van der Waals surface area contributed by atoms with Gasteiger partial charge in [0.05, 0.1) is 16.5 Å². The molecule has 0 heterocycles. The van der Waals surface area contributed by atoms with Crippen LogP contribution in [0.4, 0.5) is 4.39 Å². The third-order valence-corrected chi connectivity index (χ3v) is 4.36. The van der Waals surface area contributed by atoms with Crippen LogP contribution in [0.25, 0.3) is 0 Å². The summed E-state index contributed by atoms with van der Waals surface area (Å²) in [7, 11) is -3.99. The van der Waals surface area contributed by atoms with E-state index in [1.165, 1.54) is 55.5 Å². The summed E-state index contributed by atoms with van der Waals surface area (Å²) < 4.78 is 42.2. The average molecular weight is 363 g/mol. The van der Waals surface area contributed by atoms with Crippen LogP contribution < -0.4 is 15.0 Å². The summed E-state index contributed by atoms with van der Waals surface area (Å²) in [4.78, 5) is 13.7. The van der Waals surface area contributed by atoms with E-state index in [1.807, 2.05) is 16.3 Å². The first kappa shape index (κ1) is 18.4. The second-order valence-corrected chi connectivity index (χ2v) is 6.63. The molecule has 0 bridgehead atoms. The van der Waals surface area contributed by atoms with Crippen LogP contribution in [-0.4, -0.2) is 20.4 Å². The maximum Gasteiger partial charge on any atom is 0.275 e. The molecular formula is C16H14FN3O4S. The molecule has 9 heteroatoms. The van der Waals surface area contributed by atoms with Crippen molar-refractivity contribution in [2.45, 2.75) is 17.9 Å². The number of carbonyl (C=O) groups excluding carboxylic acids is 1. The Morgan fingerprint density at radius 3 is 2.32 bits per heavy atom. The lowest BCUT2D eigenvalue weighted by Gasteiger charge is -2.15. The molecule has 0 unspecified atom stereocenters. The highest BCUT2D eigenvalue weighted by Gasteiger charge is 2.19. The zero-order chi connectivity index (χ0) is 18.4. The van der Waals surface area contributed by atoms with Crippen molar-refractivity contribution >= 4 is 15.9 Å². The smallest absolute Gasteiger partial charge is 0.275 e. The molecule has 0 saturated heterocycles. The van der Waals surface area contributed by atoms with Gasteiger partial charge in [0.2, 0.25) is 0 Å². The third kappa shape index (κ3) is 5.00. The molecule has 0 aromatic heterocycles. The summed E-state index contributed by atoms with van der Waals surface area (Å²) in [5, 5.41) is 8.70. The van der Waals surface area contributed by atoms with Gasteiger partial charge < -0.3 is 4.74 Å². The Kier molecular flexibility index (Phi) is 5.69. The Hall–Kier alpha value is -2.96. The summed E-state index contributed by atoms with van der Waals surface area (Å²) in [5.41, 5.74) is 2.35. The molecule has 0 aliphatic rings. The van der Waals surface area contributed by atoms with Crippen molar-refractivity contribution in [1.29, 1.82) is 5.26 Å². The molecule has 0 saturated carbocycles. The van der Waals surface area contributed by atoms with Gasteiger partial charge in [-0.1, -0.05) is 0 Å². The number of ether oxygens (including phenoxy) is 1. The van der Waals surface area contributed by atoms with Crippen molar-refractivity contribution in [3.05, 3.63) is 59.9 Å². The summed E-state index contributed by atoms with van der Waals surface area (Å²) in [6, 6.07) is 12.1. The number of hydrogen-bond acceptors (Lipinski definition) is 5. The lowest BCUT2D eigenvalue weighted by atomic mass is 10.2. The lowest BCUT2D eigenvalue weighted by Crippen LogP contribution is -2.47. The zero-order valence-corrected chi connectivity index (χ0v) is 13.9. The number of amides is 1. The molecule has 2 aromatic rings. The second-order valence-electron chi connectivity index (χ2n) is 4.94. The van der Waals surface area contributed by atoms with Gasteiger partial charge in [-0.25, -0.2) is 12.8 Å². The Morgan fingerprint density at radius 2 is 1.76 bits per heavy atom. The van der Waals surface area contributed by atoms with E-state index in [4.69, 9.17) is 10.00 Å². The number of sulfonamides is 1. The molecule has 1 atom stereocenters. The number of carbonyl (C=O) groups is 1. The monoisotopic (exact) mass is 363 g/mol. The van der Waals surface area contributed by atoms with Crippen LogP contribution in [0, 0.1) is 17.1 Å². The molecule has 0 spiro atoms. The van der Waals surface area contributed by atoms with Crippen LogP contribution in [0.3, 0.4) is 0 Å². The Labute approximate surface area is 144 Å². The lowest BCUT2D eigenvalue weighted by molar-refractivity contribution is -0.127. The molecule has 2 N–H and O–H groups in total. The maximum atomic E-state index is 12.8.